The van der Waals surface area contributed by atoms with Crippen LogP contribution in [0.25, 0.3) is 0 Å². The molecule has 0 fully saturated rings. The fraction of sp³-hybridized carbons (Fsp3) is 0. The van der Waals surface area contributed by atoms with Crippen LogP contribution in [-0.4, -0.2) is 4.21 Å². The average Bonchev–Trinajstić information content (AvgIpc) is 2.04. The minimum Gasteiger partial charge on any atom is -0.398 e. The van der Waals surface area contributed by atoms with Crippen molar-refractivity contribution in [1.29, 1.82) is 0 Å². The van der Waals surface area contributed by atoms with E-state index < -0.39 is 10.8 Å². The lowest BCUT2D eigenvalue weighted by Crippen LogP contribution is -1.93. The van der Waals surface area contributed by atoms with E-state index in [-0.39, 0.29) is 0 Å². The van der Waals surface area contributed by atoms with Crippen LogP contribution in [0.15, 0.2) is 41.1 Å². The van der Waals surface area contributed by atoms with Crippen molar-refractivity contribution in [2.24, 2.45) is 0 Å². The summed E-state index contributed by atoms with van der Waals surface area (Å²) < 4.78 is 11.1. The number of hydrogen-bond acceptors (Lipinski definition) is 2. The van der Waals surface area contributed by atoms with Crippen LogP contribution >= 0.6 is 0 Å². The second kappa shape index (κ2) is 3.34. The van der Waals surface area contributed by atoms with Crippen LogP contribution in [0.5, 0.6) is 0 Å². The zero-order valence-corrected chi connectivity index (χ0v) is 6.80. The Morgan fingerprint density at radius 2 is 2.09 bits per heavy atom. The quantitative estimate of drug-likeness (QED) is 0.678. The monoisotopic (exact) mass is 167 g/mol. The summed E-state index contributed by atoms with van der Waals surface area (Å²) in [4.78, 5) is 0.627. The van der Waals surface area contributed by atoms with Crippen molar-refractivity contribution in [1.82, 2.24) is 0 Å². The molecule has 0 aliphatic heterocycles. The molecule has 0 aliphatic carbocycles. The van der Waals surface area contributed by atoms with E-state index in [4.69, 9.17) is 5.73 Å². The SMILES string of the molecule is C=CS(=O)c1ccccc1N. The molecule has 0 bridgehead atoms. The van der Waals surface area contributed by atoms with Gasteiger partial charge in [0.2, 0.25) is 0 Å². The second-order valence-corrected chi connectivity index (χ2v) is 3.37. The fourth-order valence-electron chi connectivity index (χ4n) is 0.754. The summed E-state index contributed by atoms with van der Waals surface area (Å²) in [6, 6.07) is 7.05. The molecule has 1 aromatic rings. The molecule has 0 amide bonds. The van der Waals surface area contributed by atoms with Crippen molar-refractivity contribution in [3.05, 3.63) is 36.3 Å². The molecule has 1 atom stereocenters. The van der Waals surface area contributed by atoms with Gasteiger partial charge in [0.15, 0.2) is 0 Å². The summed E-state index contributed by atoms with van der Waals surface area (Å²) in [6.07, 6.45) is 0. The summed E-state index contributed by atoms with van der Waals surface area (Å²) in [5, 5.41) is 1.37. The summed E-state index contributed by atoms with van der Waals surface area (Å²) >= 11 is 0. The molecule has 0 aromatic heterocycles. The Morgan fingerprint density at radius 3 is 2.64 bits per heavy atom. The molecule has 2 N–H and O–H groups in total. The first-order chi connectivity index (χ1) is 5.25. The molecular formula is C8H9NOS. The van der Waals surface area contributed by atoms with Crippen molar-refractivity contribution in [2.45, 2.75) is 4.90 Å². The molecule has 1 aromatic carbocycles. The third kappa shape index (κ3) is 1.68. The van der Waals surface area contributed by atoms with Gasteiger partial charge in [0.25, 0.3) is 0 Å². The Bertz CT molecular complexity index is 296. The summed E-state index contributed by atoms with van der Waals surface area (Å²) in [5.74, 6) is 0. The highest BCUT2D eigenvalue weighted by molar-refractivity contribution is 7.88. The van der Waals surface area contributed by atoms with Gasteiger partial charge in [-0.3, -0.25) is 0 Å². The van der Waals surface area contributed by atoms with Crippen LogP contribution in [0.2, 0.25) is 0 Å². The Morgan fingerprint density at radius 1 is 1.45 bits per heavy atom. The van der Waals surface area contributed by atoms with Crippen LogP contribution in [0.4, 0.5) is 5.69 Å². The van der Waals surface area contributed by atoms with E-state index in [1.807, 2.05) is 0 Å². The molecule has 0 saturated carbocycles. The van der Waals surface area contributed by atoms with E-state index in [9.17, 15) is 4.21 Å². The Kier molecular flexibility index (Phi) is 2.44. The smallest absolute Gasteiger partial charge is 0.0790 e. The van der Waals surface area contributed by atoms with E-state index in [0.29, 0.717) is 10.6 Å². The van der Waals surface area contributed by atoms with Gasteiger partial charge in [-0.1, -0.05) is 18.7 Å². The predicted octanol–water partition coefficient (Wildman–Crippen LogP) is 1.52. The second-order valence-electron chi connectivity index (χ2n) is 2.00. The van der Waals surface area contributed by atoms with E-state index in [0.717, 1.165) is 0 Å². The molecule has 0 spiro atoms. The third-order valence-electron chi connectivity index (χ3n) is 1.29. The number of para-hydroxylation sites is 1. The lowest BCUT2D eigenvalue weighted by atomic mass is 10.3. The molecule has 58 valence electrons. The van der Waals surface area contributed by atoms with E-state index in [1.165, 1.54) is 5.41 Å². The topological polar surface area (TPSA) is 43.1 Å². The maximum Gasteiger partial charge on any atom is 0.0790 e. The van der Waals surface area contributed by atoms with E-state index >= 15 is 0 Å². The molecular weight excluding hydrogens is 158 g/mol. The van der Waals surface area contributed by atoms with Crippen LogP contribution in [-0.2, 0) is 10.8 Å². The first kappa shape index (κ1) is 8.01. The average molecular weight is 167 g/mol. The summed E-state index contributed by atoms with van der Waals surface area (Å²) in [5.41, 5.74) is 6.10. The third-order valence-corrected chi connectivity index (χ3v) is 2.40. The molecule has 11 heavy (non-hydrogen) atoms. The van der Waals surface area contributed by atoms with Gasteiger partial charge in [-0.2, -0.15) is 0 Å². The largest absolute Gasteiger partial charge is 0.398 e. The summed E-state index contributed by atoms with van der Waals surface area (Å²) in [6.45, 7) is 3.42. The maximum absolute atomic E-state index is 11.1. The molecule has 0 heterocycles. The van der Waals surface area contributed by atoms with Crippen molar-refractivity contribution in [3.63, 3.8) is 0 Å². The number of anilines is 1. The molecule has 1 unspecified atom stereocenters. The van der Waals surface area contributed by atoms with Crippen LogP contribution in [0, 0.1) is 0 Å². The van der Waals surface area contributed by atoms with Gasteiger partial charge in [0.05, 0.1) is 15.7 Å². The highest BCUT2D eigenvalue weighted by Crippen LogP contribution is 2.15. The minimum atomic E-state index is -1.16. The van der Waals surface area contributed by atoms with Crippen LogP contribution < -0.4 is 5.73 Å². The normalized spacial score (nSPS) is 12.4. The van der Waals surface area contributed by atoms with Gasteiger partial charge in [0.1, 0.15) is 0 Å². The van der Waals surface area contributed by atoms with Crippen molar-refractivity contribution in [2.75, 3.05) is 5.73 Å². The first-order valence-electron chi connectivity index (χ1n) is 3.13. The van der Waals surface area contributed by atoms with Crippen molar-refractivity contribution >= 4 is 16.5 Å². The lowest BCUT2D eigenvalue weighted by molar-refractivity contribution is 0.688. The Hall–Kier alpha value is -1.09. The summed E-state index contributed by atoms with van der Waals surface area (Å²) in [7, 11) is -1.16. The van der Waals surface area contributed by atoms with E-state index in [1.54, 1.807) is 24.3 Å². The van der Waals surface area contributed by atoms with Gasteiger partial charge in [-0.25, -0.2) is 4.21 Å². The lowest BCUT2D eigenvalue weighted by Gasteiger charge is -1.99. The molecule has 0 radical (unpaired) electrons. The van der Waals surface area contributed by atoms with Gasteiger partial charge in [0, 0.05) is 11.1 Å². The van der Waals surface area contributed by atoms with Gasteiger partial charge < -0.3 is 5.73 Å². The first-order valence-corrected chi connectivity index (χ1v) is 4.34. The Balaban J connectivity index is 3.13. The van der Waals surface area contributed by atoms with Crippen molar-refractivity contribution < 1.29 is 4.21 Å². The zero-order valence-electron chi connectivity index (χ0n) is 5.99. The van der Waals surface area contributed by atoms with Gasteiger partial charge >= 0.3 is 0 Å². The number of nitrogens with two attached hydrogens (primary N) is 1. The molecule has 1 rings (SSSR count). The standard InChI is InChI=1S/C8H9NOS/c1-2-11(10)8-6-4-3-5-7(8)9/h2-6H,1,9H2. The van der Waals surface area contributed by atoms with Crippen LogP contribution in [0.1, 0.15) is 0 Å². The number of hydrogen-bond donors (Lipinski definition) is 1. The van der Waals surface area contributed by atoms with Crippen molar-refractivity contribution in [3.8, 4) is 0 Å². The highest BCUT2D eigenvalue weighted by atomic mass is 32.2. The Labute approximate surface area is 68.2 Å². The highest BCUT2D eigenvalue weighted by Gasteiger charge is 2.01. The number of rotatable bonds is 2. The number of benzene rings is 1. The maximum atomic E-state index is 11.1. The zero-order chi connectivity index (χ0) is 8.27. The molecule has 0 saturated heterocycles. The van der Waals surface area contributed by atoms with Gasteiger partial charge in [-0.15, -0.1) is 0 Å². The molecule has 2 nitrogen and oxygen atoms in total. The predicted molar refractivity (Wildman–Crippen MR) is 47.5 cm³/mol. The molecule has 3 heteroatoms. The van der Waals surface area contributed by atoms with Gasteiger partial charge in [-0.05, 0) is 12.1 Å². The number of nitrogen functional groups attached to an aromatic ring is 1. The van der Waals surface area contributed by atoms with E-state index in [2.05, 4.69) is 6.58 Å². The molecule has 0 aliphatic rings. The fourth-order valence-corrected chi connectivity index (χ4v) is 1.45. The van der Waals surface area contributed by atoms with Crippen LogP contribution in [0.3, 0.4) is 0 Å². The minimum absolute atomic E-state index is 0.547.